The summed E-state index contributed by atoms with van der Waals surface area (Å²) in [5.41, 5.74) is 2.91. The maximum absolute atomic E-state index is 10.6. The third kappa shape index (κ3) is 6.88. The van der Waals surface area contributed by atoms with E-state index in [9.17, 15) is 5.11 Å². The first-order valence-corrected chi connectivity index (χ1v) is 12.5. The number of hydrogen-bond donors (Lipinski definition) is 1. The number of methoxy groups -OCH3 is 1. The minimum Gasteiger partial charge on any atom is -0.497 e. The van der Waals surface area contributed by atoms with Gasteiger partial charge < -0.3 is 19.3 Å². The standard InChI is InChI=1S/C29H35N3O4/c1-4-16-35-21-24(33)19-31(18-22-14-15-22)20-27-28(5-2)30-32(23-10-7-6-8-11-23)29(27)36-26-13-9-12-25(17-26)34-3/h1,6-13,17,22,24,33H,5,14-16,18-21H2,2-3H3/t24-/m1/s1. The second-order valence-corrected chi connectivity index (χ2v) is 9.12. The van der Waals surface area contributed by atoms with E-state index in [0.29, 0.717) is 30.6 Å². The molecule has 1 aliphatic carbocycles. The molecule has 1 saturated carbocycles. The summed E-state index contributed by atoms with van der Waals surface area (Å²) in [6.07, 6.45) is 7.84. The summed E-state index contributed by atoms with van der Waals surface area (Å²) in [6, 6.07) is 17.6. The van der Waals surface area contributed by atoms with E-state index in [1.165, 1.54) is 12.8 Å². The summed E-state index contributed by atoms with van der Waals surface area (Å²) in [5, 5.41) is 15.6. The number of aliphatic hydroxyl groups is 1. The maximum atomic E-state index is 10.6. The molecule has 190 valence electrons. The van der Waals surface area contributed by atoms with Crippen LogP contribution in [-0.4, -0.2) is 59.3 Å². The number of aliphatic hydroxyl groups excluding tert-OH is 1. The Labute approximate surface area is 213 Å². The molecule has 1 aliphatic rings. The number of rotatable bonds is 14. The van der Waals surface area contributed by atoms with Crippen molar-refractivity contribution >= 4 is 0 Å². The van der Waals surface area contributed by atoms with Gasteiger partial charge in [-0.15, -0.1) is 6.42 Å². The number of terminal acetylenes is 1. The number of para-hydroxylation sites is 1. The fourth-order valence-corrected chi connectivity index (χ4v) is 4.24. The number of ether oxygens (including phenoxy) is 3. The first-order chi connectivity index (χ1) is 17.6. The van der Waals surface area contributed by atoms with Crippen LogP contribution in [0.5, 0.6) is 17.4 Å². The van der Waals surface area contributed by atoms with E-state index in [-0.39, 0.29) is 13.2 Å². The smallest absolute Gasteiger partial charge is 0.227 e. The minimum atomic E-state index is -0.630. The van der Waals surface area contributed by atoms with E-state index < -0.39 is 6.10 Å². The van der Waals surface area contributed by atoms with E-state index >= 15 is 0 Å². The van der Waals surface area contributed by atoms with Gasteiger partial charge in [0.2, 0.25) is 5.88 Å². The van der Waals surface area contributed by atoms with Crippen LogP contribution in [0.25, 0.3) is 5.69 Å². The van der Waals surface area contributed by atoms with Gasteiger partial charge in [-0.3, -0.25) is 4.90 Å². The third-order valence-corrected chi connectivity index (χ3v) is 6.17. The van der Waals surface area contributed by atoms with Gasteiger partial charge in [-0.1, -0.05) is 37.1 Å². The number of benzene rings is 2. The van der Waals surface area contributed by atoms with Gasteiger partial charge in [0.05, 0.1) is 36.8 Å². The molecule has 1 N–H and O–H groups in total. The van der Waals surface area contributed by atoms with Gasteiger partial charge >= 0.3 is 0 Å². The van der Waals surface area contributed by atoms with E-state index in [2.05, 4.69) is 17.7 Å². The molecular formula is C29H35N3O4. The van der Waals surface area contributed by atoms with Crippen molar-refractivity contribution in [2.45, 2.75) is 38.8 Å². The fraction of sp³-hybridized carbons (Fsp3) is 0.414. The first-order valence-electron chi connectivity index (χ1n) is 12.5. The van der Waals surface area contributed by atoms with Crippen molar-refractivity contribution < 1.29 is 19.3 Å². The maximum Gasteiger partial charge on any atom is 0.227 e. The summed E-state index contributed by atoms with van der Waals surface area (Å²) in [5.74, 6) is 5.17. The molecule has 7 heteroatoms. The highest BCUT2D eigenvalue weighted by atomic mass is 16.5. The molecule has 1 fully saturated rings. The van der Waals surface area contributed by atoms with E-state index in [1.54, 1.807) is 7.11 Å². The van der Waals surface area contributed by atoms with Gasteiger partial charge in [0.1, 0.15) is 18.1 Å². The van der Waals surface area contributed by atoms with Crippen LogP contribution in [0.1, 0.15) is 31.0 Å². The molecule has 0 spiro atoms. The molecule has 2 aromatic carbocycles. The van der Waals surface area contributed by atoms with Gasteiger partial charge in [0, 0.05) is 25.7 Å². The number of hydrogen-bond acceptors (Lipinski definition) is 6. The van der Waals surface area contributed by atoms with Crippen molar-refractivity contribution in [3.8, 4) is 35.4 Å². The lowest BCUT2D eigenvalue weighted by molar-refractivity contribution is 0.0249. The summed E-state index contributed by atoms with van der Waals surface area (Å²) < 4.78 is 19.2. The number of aryl methyl sites for hydroxylation is 1. The van der Waals surface area contributed by atoms with Gasteiger partial charge in [-0.05, 0) is 49.4 Å². The summed E-state index contributed by atoms with van der Waals surface area (Å²) in [7, 11) is 1.64. The summed E-state index contributed by atoms with van der Waals surface area (Å²) in [6.45, 7) is 4.51. The fourth-order valence-electron chi connectivity index (χ4n) is 4.24. The molecule has 0 amide bonds. The summed E-state index contributed by atoms with van der Waals surface area (Å²) in [4.78, 5) is 2.28. The van der Waals surface area contributed by atoms with Crippen LogP contribution < -0.4 is 9.47 Å². The highest BCUT2D eigenvalue weighted by Crippen LogP contribution is 2.35. The van der Waals surface area contributed by atoms with Crippen LogP contribution >= 0.6 is 0 Å². The van der Waals surface area contributed by atoms with Crippen molar-refractivity contribution in [3.05, 3.63) is 65.9 Å². The van der Waals surface area contributed by atoms with Gasteiger partial charge in [0.25, 0.3) is 0 Å². The lowest BCUT2D eigenvalue weighted by Crippen LogP contribution is -2.36. The highest BCUT2D eigenvalue weighted by molar-refractivity contribution is 5.44. The number of nitrogens with zero attached hydrogens (tertiary/aromatic N) is 3. The van der Waals surface area contributed by atoms with Crippen LogP contribution in [0.4, 0.5) is 0 Å². The van der Waals surface area contributed by atoms with Crippen molar-refractivity contribution in [3.63, 3.8) is 0 Å². The van der Waals surface area contributed by atoms with Crippen molar-refractivity contribution in [1.82, 2.24) is 14.7 Å². The Kier molecular flexibility index (Phi) is 9.01. The first kappa shape index (κ1) is 25.8. The third-order valence-electron chi connectivity index (χ3n) is 6.17. The molecule has 0 bridgehead atoms. The molecule has 36 heavy (non-hydrogen) atoms. The Balaban J connectivity index is 1.67. The predicted molar refractivity (Wildman–Crippen MR) is 140 cm³/mol. The van der Waals surface area contributed by atoms with Crippen molar-refractivity contribution in [2.75, 3.05) is 33.4 Å². The molecule has 1 heterocycles. The average molecular weight is 490 g/mol. The van der Waals surface area contributed by atoms with Crippen LogP contribution in [0, 0.1) is 18.3 Å². The molecule has 0 aliphatic heterocycles. The van der Waals surface area contributed by atoms with Crippen LogP contribution in [0.15, 0.2) is 54.6 Å². The highest BCUT2D eigenvalue weighted by Gasteiger charge is 2.28. The normalized spacial score (nSPS) is 14.0. The molecule has 1 atom stereocenters. The average Bonchev–Trinajstić information content (AvgIpc) is 3.65. The Bertz CT molecular complexity index is 1150. The lowest BCUT2D eigenvalue weighted by Gasteiger charge is -2.25. The molecule has 3 aromatic rings. The van der Waals surface area contributed by atoms with E-state index in [0.717, 1.165) is 35.7 Å². The quantitative estimate of drug-likeness (QED) is 0.266. The van der Waals surface area contributed by atoms with Crippen LogP contribution in [-0.2, 0) is 17.7 Å². The second kappa shape index (κ2) is 12.6. The molecule has 4 rings (SSSR count). The Morgan fingerprint density at radius 1 is 1.17 bits per heavy atom. The zero-order valence-corrected chi connectivity index (χ0v) is 21.1. The molecule has 7 nitrogen and oxygen atoms in total. The SMILES string of the molecule is C#CCOC[C@H](O)CN(Cc1c(CC)nn(-c2ccccc2)c1Oc1cccc(OC)c1)CC1CC1. The number of aromatic nitrogens is 2. The van der Waals surface area contributed by atoms with Crippen molar-refractivity contribution in [1.29, 1.82) is 0 Å². The van der Waals surface area contributed by atoms with Gasteiger partial charge in [-0.2, -0.15) is 5.10 Å². The van der Waals surface area contributed by atoms with Gasteiger partial charge in [0.15, 0.2) is 0 Å². The Hall–Kier alpha value is -3.31. The predicted octanol–water partition coefficient (Wildman–Crippen LogP) is 4.46. The second-order valence-electron chi connectivity index (χ2n) is 9.12. The Morgan fingerprint density at radius 3 is 2.64 bits per heavy atom. The molecule has 0 saturated heterocycles. The lowest BCUT2D eigenvalue weighted by atomic mass is 10.1. The van der Waals surface area contributed by atoms with Crippen molar-refractivity contribution in [2.24, 2.45) is 5.92 Å². The van der Waals surface area contributed by atoms with Gasteiger partial charge in [-0.25, -0.2) is 4.68 Å². The largest absolute Gasteiger partial charge is 0.497 e. The minimum absolute atomic E-state index is 0.196. The topological polar surface area (TPSA) is 69.0 Å². The molecule has 0 radical (unpaired) electrons. The molecule has 0 unspecified atom stereocenters. The van der Waals surface area contributed by atoms with Crippen LogP contribution in [0.2, 0.25) is 0 Å². The monoisotopic (exact) mass is 489 g/mol. The zero-order valence-electron chi connectivity index (χ0n) is 21.1. The molecule has 1 aromatic heterocycles. The summed E-state index contributed by atoms with van der Waals surface area (Å²) >= 11 is 0. The zero-order chi connectivity index (χ0) is 25.3. The van der Waals surface area contributed by atoms with Crippen LogP contribution in [0.3, 0.4) is 0 Å². The Morgan fingerprint density at radius 2 is 1.94 bits per heavy atom. The molecular weight excluding hydrogens is 454 g/mol. The van der Waals surface area contributed by atoms with E-state index in [4.69, 9.17) is 25.7 Å². The van der Waals surface area contributed by atoms with E-state index in [1.807, 2.05) is 59.3 Å².